The van der Waals surface area contributed by atoms with E-state index in [-0.39, 0.29) is 6.04 Å². The Hall–Kier alpha value is -1.58. The van der Waals surface area contributed by atoms with Crippen LogP contribution in [-0.4, -0.2) is 12.1 Å². The van der Waals surface area contributed by atoms with E-state index in [0.29, 0.717) is 5.02 Å². The summed E-state index contributed by atoms with van der Waals surface area (Å²) in [5.41, 5.74) is 9.24. The zero-order valence-corrected chi connectivity index (χ0v) is 11.1. The maximum atomic E-state index is 6.26. The van der Waals surface area contributed by atoms with Crippen LogP contribution in [0.1, 0.15) is 22.7 Å². The fourth-order valence-corrected chi connectivity index (χ4v) is 2.17. The minimum atomic E-state index is -0.258. The number of benzene rings is 1. The van der Waals surface area contributed by atoms with Crippen LogP contribution in [0.15, 0.2) is 36.7 Å². The number of aromatic nitrogens is 1. The quantitative estimate of drug-likeness (QED) is 0.925. The summed E-state index contributed by atoms with van der Waals surface area (Å²) in [6, 6.07) is 7.42. The Kier molecular flexibility index (Phi) is 3.84. The van der Waals surface area contributed by atoms with Gasteiger partial charge in [-0.05, 0) is 41.8 Å². The van der Waals surface area contributed by atoms with E-state index in [0.717, 1.165) is 22.4 Å². The second kappa shape index (κ2) is 5.38. The highest BCUT2D eigenvalue weighted by Gasteiger charge is 2.14. The summed E-state index contributed by atoms with van der Waals surface area (Å²) >= 11 is 6.11. The topological polar surface area (TPSA) is 48.1 Å². The molecule has 0 spiro atoms. The third kappa shape index (κ3) is 2.47. The Balaban J connectivity index is 2.40. The molecule has 3 nitrogen and oxygen atoms in total. The number of nitrogens with two attached hydrogens (primary N) is 1. The Morgan fingerprint density at radius 1 is 1.28 bits per heavy atom. The van der Waals surface area contributed by atoms with Crippen molar-refractivity contribution in [3.63, 3.8) is 0 Å². The van der Waals surface area contributed by atoms with Gasteiger partial charge in [0.05, 0.1) is 18.2 Å². The van der Waals surface area contributed by atoms with Crippen LogP contribution in [0, 0.1) is 6.92 Å². The van der Waals surface area contributed by atoms with Crippen molar-refractivity contribution >= 4 is 11.6 Å². The Labute approximate surface area is 112 Å². The van der Waals surface area contributed by atoms with Crippen LogP contribution in [0.5, 0.6) is 5.75 Å². The maximum absolute atomic E-state index is 6.26. The van der Waals surface area contributed by atoms with E-state index < -0.39 is 0 Å². The fraction of sp³-hybridized carbons (Fsp3) is 0.214. The predicted octanol–water partition coefficient (Wildman–Crippen LogP) is 3.10. The molecule has 0 radical (unpaired) electrons. The molecule has 1 aromatic carbocycles. The summed E-state index contributed by atoms with van der Waals surface area (Å²) in [6.07, 6.45) is 3.30. The molecular formula is C14H15ClN2O. The molecule has 4 heteroatoms. The van der Waals surface area contributed by atoms with Gasteiger partial charge in [0.2, 0.25) is 0 Å². The predicted molar refractivity (Wildman–Crippen MR) is 73.0 cm³/mol. The number of halogens is 1. The van der Waals surface area contributed by atoms with Crippen molar-refractivity contribution in [1.29, 1.82) is 0 Å². The minimum absolute atomic E-state index is 0.258. The molecule has 94 valence electrons. The zero-order valence-electron chi connectivity index (χ0n) is 10.4. The third-order valence-corrected chi connectivity index (χ3v) is 3.27. The van der Waals surface area contributed by atoms with E-state index in [4.69, 9.17) is 22.1 Å². The summed E-state index contributed by atoms with van der Waals surface area (Å²) in [5.74, 6) is 0.823. The van der Waals surface area contributed by atoms with Gasteiger partial charge >= 0.3 is 0 Å². The molecule has 1 aromatic heterocycles. The molecular weight excluding hydrogens is 248 g/mol. The van der Waals surface area contributed by atoms with Gasteiger partial charge in [0.15, 0.2) is 0 Å². The lowest BCUT2D eigenvalue weighted by Crippen LogP contribution is -2.14. The first-order valence-electron chi connectivity index (χ1n) is 5.63. The van der Waals surface area contributed by atoms with Crippen LogP contribution >= 0.6 is 11.6 Å². The molecule has 2 rings (SSSR count). The van der Waals surface area contributed by atoms with Crippen molar-refractivity contribution < 1.29 is 4.74 Å². The smallest absolute Gasteiger partial charge is 0.119 e. The minimum Gasteiger partial charge on any atom is -0.497 e. The van der Waals surface area contributed by atoms with Gasteiger partial charge in [0.1, 0.15) is 5.75 Å². The molecule has 0 aliphatic rings. The molecule has 0 saturated carbocycles. The van der Waals surface area contributed by atoms with Crippen molar-refractivity contribution in [2.24, 2.45) is 5.73 Å². The SMILES string of the molecule is COc1ccc(C(N)c2ccncc2Cl)c(C)c1. The van der Waals surface area contributed by atoms with E-state index in [1.165, 1.54) is 0 Å². The monoisotopic (exact) mass is 262 g/mol. The standard InChI is InChI=1S/C14H15ClN2O/c1-9-7-10(18-2)3-4-11(9)14(16)12-5-6-17-8-13(12)15/h3-8,14H,16H2,1-2H3. The normalized spacial score (nSPS) is 12.2. The van der Waals surface area contributed by atoms with Crippen LogP contribution < -0.4 is 10.5 Å². The molecule has 1 atom stereocenters. The van der Waals surface area contributed by atoms with E-state index in [2.05, 4.69) is 4.98 Å². The van der Waals surface area contributed by atoms with Crippen LogP contribution in [-0.2, 0) is 0 Å². The maximum Gasteiger partial charge on any atom is 0.119 e. The first-order chi connectivity index (χ1) is 8.63. The molecule has 1 heterocycles. The highest BCUT2D eigenvalue weighted by molar-refractivity contribution is 6.31. The summed E-state index contributed by atoms with van der Waals surface area (Å²) in [7, 11) is 1.65. The van der Waals surface area contributed by atoms with Gasteiger partial charge in [-0.2, -0.15) is 0 Å². The first-order valence-corrected chi connectivity index (χ1v) is 6.01. The number of rotatable bonds is 3. The molecule has 0 amide bonds. The lowest BCUT2D eigenvalue weighted by atomic mass is 9.96. The number of hydrogen-bond acceptors (Lipinski definition) is 3. The average molecular weight is 263 g/mol. The molecule has 0 aliphatic heterocycles. The van der Waals surface area contributed by atoms with Gasteiger partial charge in [0, 0.05) is 12.4 Å². The summed E-state index contributed by atoms with van der Waals surface area (Å²) in [4.78, 5) is 3.96. The number of aryl methyl sites for hydroxylation is 1. The third-order valence-electron chi connectivity index (χ3n) is 2.95. The summed E-state index contributed by atoms with van der Waals surface area (Å²) < 4.78 is 5.18. The van der Waals surface area contributed by atoms with E-state index in [1.54, 1.807) is 19.5 Å². The molecule has 18 heavy (non-hydrogen) atoms. The van der Waals surface area contributed by atoms with E-state index >= 15 is 0 Å². The molecule has 1 unspecified atom stereocenters. The number of ether oxygens (including phenoxy) is 1. The van der Waals surface area contributed by atoms with Crippen molar-refractivity contribution in [2.75, 3.05) is 7.11 Å². The Bertz CT molecular complexity index is 557. The number of nitrogens with zero attached hydrogens (tertiary/aromatic N) is 1. The van der Waals surface area contributed by atoms with Crippen LogP contribution in [0.3, 0.4) is 0 Å². The van der Waals surface area contributed by atoms with Gasteiger partial charge in [-0.3, -0.25) is 4.98 Å². The molecule has 0 saturated heterocycles. The van der Waals surface area contributed by atoms with E-state index in [9.17, 15) is 0 Å². The highest BCUT2D eigenvalue weighted by atomic mass is 35.5. The zero-order chi connectivity index (χ0) is 13.1. The average Bonchev–Trinajstić information content (AvgIpc) is 2.38. The fourth-order valence-electron chi connectivity index (χ4n) is 1.93. The number of pyridine rings is 1. The Morgan fingerprint density at radius 2 is 2.06 bits per heavy atom. The first kappa shape index (κ1) is 12.9. The molecule has 0 aliphatic carbocycles. The van der Waals surface area contributed by atoms with E-state index in [1.807, 2.05) is 31.2 Å². The summed E-state index contributed by atoms with van der Waals surface area (Å²) in [5, 5.41) is 0.584. The molecule has 2 N–H and O–H groups in total. The lowest BCUT2D eigenvalue weighted by molar-refractivity contribution is 0.414. The van der Waals surface area contributed by atoms with Crippen LogP contribution in [0.4, 0.5) is 0 Å². The van der Waals surface area contributed by atoms with Gasteiger partial charge in [-0.25, -0.2) is 0 Å². The van der Waals surface area contributed by atoms with Crippen molar-refractivity contribution in [3.8, 4) is 5.75 Å². The number of methoxy groups -OCH3 is 1. The number of hydrogen-bond donors (Lipinski definition) is 1. The van der Waals surface area contributed by atoms with Gasteiger partial charge < -0.3 is 10.5 Å². The van der Waals surface area contributed by atoms with Gasteiger partial charge in [-0.15, -0.1) is 0 Å². The van der Waals surface area contributed by atoms with Crippen LogP contribution in [0.2, 0.25) is 5.02 Å². The van der Waals surface area contributed by atoms with Crippen LogP contribution in [0.25, 0.3) is 0 Å². The van der Waals surface area contributed by atoms with Gasteiger partial charge in [-0.1, -0.05) is 17.7 Å². The second-order valence-corrected chi connectivity index (χ2v) is 4.50. The van der Waals surface area contributed by atoms with Gasteiger partial charge in [0.25, 0.3) is 0 Å². The molecule has 0 fully saturated rings. The summed E-state index contributed by atoms with van der Waals surface area (Å²) in [6.45, 7) is 2.01. The van der Waals surface area contributed by atoms with Crippen molar-refractivity contribution in [2.45, 2.75) is 13.0 Å². The van der Waals surface area contributed by atoms with Crippen molar-refractivity contribution in [3.05, 3.63) is 58.4 Å². The molecule has 0 bridgehead atoms. The molecule has 2 aromatic rings. The highest BCUT2D eigenvalue weighted by Crippen LogP contribution is 2.29. The Morgan fingerprint density at radius 3 is 2.67 bits per heavy atom. The largest absolute Gasteiger partial charge is 0.497 e. The van der Waals surface area contributed by atoms with Crippen molar-refractivity contribution in [1.82, 2.24) is 4.98 Å². The lowest BCUT2D eigenvalue weighted by Gasteiger charge is -2.17. The second-order valence-electron chi connectivity index (χ2n) is 4.10.